The Morgan fingerprint density at radius 3 is 2.35 bits per heavy atom. The highest BCUT2D eigenvalue weighted by Gasteiger charge is 2.28. The van der Waals surface area contributed by atoms with E-state index in [9.17, 15) is 9.59 Å². The average Bonchev–Trinajstić information content (AvgIpc) is 2.63. The van der Waals surface area contributed by atoms with Crippen molar-refractivity contribution in [3.63, 3.8) is 0 Å². The molecule has 26 heavy (non-hydrogen) atoms. The number of carbonyl (C=O) groups is 2. The maximum atomic E-state index is 12.7. The molecule has 2 rings (SSSR count). The van der Waals surface area contributed by atoms with Crippen LogP contribution in [0.3, 0.4) is 0 Å². The number of amides is 1. The van der Waals surface area contributed by atoms with Gasteiger partial charge in [0, 0.05) is 6.07 Å². The molecule has 9 heteroatoms. The van der Waals surface area contributed by atoms with E-state index in [-0.39, 0.29) is 17.5 Å². The highest BCUT2D eigenvalue weighted by Crippen LogP contribution is 2.25. The average molecular weight is 375 g/mol. The second-order valence-electron chi connectivity index (χ2n) is 5.39. The summed E-state index contributed by atoms with van der Waals surface area (Å²) >= 11 is 1.14. The number of anilines is 2. The SMILES string of the molecule is CC[C@@H](Sc1nc(N)cc(N)n1)C(=O)N[C@H](C(=O)OC)c1ccccc1. The Kier molecular flexibility index (Phi) is 6.79. The molecular weight excluding hydrogens is 354 g/mol. The molecule has 1 heterocycles. The summed E-state index contributed by atoms with van der Waals surface area (Å²) in [5, 5.41) is 2.52. The number of nitrogen functional groups attached to an aromatic ring is 2. The van der Waals surface area contributed by atoms with Crippen molar-refractivity contribution in [2.75, 3.05) is 18.6 Å². The fraction of sp³-hybridized carbons (Fsp3) is 0.294. The first kappa shape index (κ1) is 19.5. The second kappa shape index (κ2) is 9.04. The standard InChI is InChI=1S/C17H21N5O3S/c1-3-11(26-17-20-12(18)9-13(19)21-17)15(23)22-14(16(24)25-2)10-7-5-4-6-8-10/h4-9,11,14H,3H2,1-2H3,(H,22,23)(H4,18,19,20,21)/t11-,14+/m1/s1. The van der Waals surface area contributed by atoms with Crippen molar-refractivity contribution in [3.8, 4) is 0 Å². The molecule has 138 valence electrons. The van der Waals surface area contributed by atoms with E-state index < -0.39 is 17.3 Å². The van der Waals surface area contributed by atoms with Gasteiger partial charge in [-0.1, -0.05) is 49.0 Å². The van der Waals surface area contributed by atoms with Gasteiger partial charge in [0.15, 0.2) is 11.2 Å². The first-order chi connectivity index (χ1) is 12.4. The molecule has 0 saturated carbocycles. The molecule has 2 aromatic rings. The molecular formula is C17H21N5O3S. The summed E-state index contributed by atoms with van der Waals surface area (Å²) in [5.41, 5.74) is 12.0. The van der Waals surface area contributed by atoms with Crippen LogP contribution in [0.25, 0.3) is 0 Å². The summed E-state index contributed by atoms with van der Waals surface area (Å²) in [6, 6.07) is 9.43. The number of esters is 1. The van der Waals surface area contributed by atoms with Crippen LogP contribution in [-0.2, 0) is 14.3 Å². The third-order valence-corrected chi connectivity index (χ3v) is 4.74. The minimum atomic E-state index is -0.893. The van der Waals surface area contributed by atoms with Crippen molar-refractivity contribution in [3.05, 3.63) is 42.0 Å². The number of nitrogens with two attached hydrogens (primary N) is 2. The Hall–Kier alpha value is -2.81. The number of rotatable bonds is 7. The van der Waals surface area contributed by atoms with Crippen molar-refractivity contribution in [2.24, 2.45) is 0 Å². The minimum Gasteiger partial charge on any atom is -0.467 e. The lowest BCUT2D eigenvalue weighted by atomic mass is 10.1. The number of nitrogens with zero attached hydrogens (tertiary/aromatic N) is 2. The van der Waals surface area contributed by atoms with Crippen molar-refractivity contribution < 1.29 is 14.3 Å². The molecule has 0 aliphatic rings. The third-order valence-electron chi connectivity index (χ3n) is 3.51. The van der Waals surface area contributed by atoms with E-state index in [0.717, 1.165) is 11.8 Å². The normalized spacial score (nSPS) is 12.8. The van der Waals surface area contributed by atoms with Gasteiger partial charge in [-0.25, -0.2) is 14.8 Å². The fourth-order valence-electron chi connectivity index (χ4n) is 2.24. The highest BCUT2D eigenvalue weighted by atomic mass is 32.2. The lowest BCUT2D eigenvalue weighted by molar-refractivity contribution is -0.145. The van der Waals surface area contributed by atoms with Gasteiger partial charge in [-0.05, 0) is 12.0 Å². The lowest BCUT2D eigenvalue weighted by Crippen LogP contribution is -2.39. The van der Waals surface area contributed by atoms with Crippen LogP contribution < -0.4 is 16.8 Å². The van der Waals surface area contributed by atoms with E-state index in [0.29, 0.717) is 17.1 Å². The molecule has 2 atom stereocenters. The van der Waals surface area contributed by atoms with Crippen LogP contribution in [0, 0.1) is 0 Å². The molecule has 8 nitrogen and oxygen atoms in total. The van der Waals surface area contributed by atoms with Gasteiger partial charge in [0.05, 0.1) is 12.4 Å². The van der Waals surface area contributed by atoms with Gasteiger partial charge < -0.3 is 21.5 Å². The predicted octanol–water partition coefficient (Wildman–Crippen LogP) is 1.54. The van der Waals surface area contributed by atoms with Crippen LogP contribution in [0.5, 0.6) is 0 Å². The Morgan fingerprint density at radius 1 is 1.19 bits per heavy atom. The molecule has 0 aliphatic carbocycles. The van der Waals surface area contributed by atoms with E-state index >= 15 is 0 Å². The predicted molar refractivity (Wildman–Crippen MR) is 100 cm³/mol. The minimum absolute atomic E-state index is 0.229. The number of hydrogen-bond acceptors (Lipinski definition) is 8. The molecule has 0 radical (unpaired) electrons. The third kappa shape index (κ3) is 5.09. The number of methoxy groups -OCH3 is 1. The van der Waals surface area contributed by atoms with Crippen LogP contribution in [0.2, 0.25) is 0 Å². The summed E-state index contributed by atoms with van der Waals surface area (Å²) in [4.78, 5) is 32.9. The quantitative estimate of drug-likeness (QED) is 0.377. The molecule has 0 bridgehead atoms. The number of ether oxygens (including phenoxy) is 1. The monoisotopic (exact) mass is 375 g/mol. The number of hydrogen-bond donors (Lipinski definition) is 3. The molecule has 0 aliphatic heterocycles. The van der Waals surface area contributed by atoms with Crippen molar-refractivity contribution in [2.45, 2.75) is 29.8 Å². The van der Waals surface area contributed by atoms with Gasteiger partial charge in [0.25, 0.3) is 0 Å². The molecule has 1 aromatic carbocycles. The molecule has 0 fully saturated rings. The zero-order valence-electron chi connectivity index (χ0n) is 14.5. The van der Waals surface area contributed by atoms with E-state index in [1.807, 2.05) is 13.0 Å². The van der Waals surface area contributed by atoms with Crippen LogP contribution in [0.4, 0.5) is 11.6 Å². The highest BCUT2D eigenvalue weighted by molar-refractivity contribution is 8.00. The maximum absolute atomic E-state index is 12.7. The first-order valence-corrected chi connectivity index (χ1v) is 8.82. The fourth-order valence-corrected chi connectivity index (χ4v) is 3.15. The molecule has 0 unspecified atom stereocenters. The zero-order chi connectivity index (χ0) is 19.1. The summed E-state index contributed by atoms with van der Waals surface area (Å²) in [5.74, 6) is -0.422. The van der Waals surface area contributed by atoms with Crippen LogP contribution in [0.15, 0.2) is 41.6 Å². The summed E-state index contributed by atoms with van der Waals surface area (Å²) in [7, 11) is 1.28. The zero-order valence-corrected chi connectivity index (χ0v) is 15.3. The number of benzene rings is 1. The topological polar surface area (TPSA) is 133 Å². The van der Waals surface area contributed by atoms with Gasteiger partial charge in [0.1, 0.15) is 11.6 Å². The second-order valence-corrected chi connectivity index (χ2v) is 6.56. The van der Waals surface area contributed by atoms with Crippen LogP contribution in [0.1, 0.15) is 24.9 Å². The maximum Gasteiger partial charge on any atom is 0.333 e. The Bertz CT molecular complexity index is 752. The first-order valence-electron chi connectivity index (χ1n) is 7.94. The van der Waals surface area contributed by atoms with E-state index in [1.54, 1.807) is 24.3 Å². The van der Waals surface area contributed by atoms with Gasteiger partial charge >= 0.3 is 5.97 Å². The van der Waals surface area contributed by atoms with Crippen LogP contribution in [-0.4, -0.2) is 34.2 Å². The van der Waals surface area contributed by atoms with Crippen LogP contribution >= 0.6 is 11.8 Å². The summed E-state index contributed by atoms with van der Waals surface area (Å²) in [6.45, 7) is 1.85. The molecule has 0 spiro atoms. The largest absolute Gasteiger partial charge is 0.467 e. The Balaban J connectivity index is 2.16. The van der Waals surface area contributed by atoms with Gasteiger partial charge in [-0.3, -0.25) is 4.79 Å². The molecule has 1 amide bonds. The van der Waals surface area contributed by atoms with E-state index in [4.69, 9.17) is 16.2 Å². The molecule has 1 aromatic heterocycles. The summed E-state index contributed by atoms with van der Waals surface area (Å²) < 4.78 is 4.81. The Morgan fingerprint density at radius 2 is 1.81 bits per heavy atom. The van der Waals surface area contributed by atoms with Gasteiger partial charge in [-0.15, -0.1) is 0 Å². The lowest BCUT2D eigenvalue weighted by Gasteiger charge is -2.20. The smallest absolute Gasteiger partial charge is 0.333 e. The van der Waals surface area contributed by atoms with Gasteiger partial charge in [-0.2, -0.15) is 0 Å². The van der Waals surface area contributed by atoms with Crippen molar-refractivity contribution in [1.82, 2.24) is 15.3 Å². The number of carbonyl (C=O) groups excluding carboxylic acids is 2. The van der Waals surface area contributed by atoms with Gasteiger partial charge in [0.2, 0.25) is 5.91 Å². The Labute approximate surface area is 155 Å². The summed E-state index contributed by atoms with van der Waals surface area (Å²) in [6.07, 6.45) is 0.497. The number of nitrogens with one attached hydrogen (secondary N) is 1. The van der Waals surface area contributed by atoms with E-state index in [1.165, 1.54) is 13.2 Å². The molecule has 5 N–H and O–H groups in total. The molecule has 0 saturated heterocycles. The number of aromatic nitrogens is 2. The number of thioether (sulfide) groups is 1. The van der Waals surface area contributed by atoms with Crippen molar-refractivity contribution >= 4 is 35.3 Å². The van der Waals surface area contributed by atoms with Crippen molar-refractivity contribution in [1.29, 1.82) is 0 Å². The van der Waals surface area contributed by atoms with E-state index in [2.05, 4.69) is 15.3 Å².